The SMILES string of the molecule is COC(=O)/C(C#N)=C\N1CCN(C(=O)c2ccco2)C1=S. The molecule has 2 rings (SSSR count). The first kappa shape index (κ1) is 14.7. The van der Waals surface area contributed by atoms with Crippen LogP contribution in [0.15, 0.2) is 34.6 Å². The van der Waals surface area contributed by atoms with Gasteiger partial charge in [0.1, 0.15) is 6.07 Å². The predicted octanol–water partition coefficient (Wildman–Crippen LogP) is 0.903. The van der Waals surface area contributed by atoms with Crippen LogP contribution >= 0.6 is 12.2 Å². The molecule has 0 atom stereocenters. The van der Waals surface area contributed by atoms with Gasteiger partial charge in [-0.25, -0.2) is 4.79 Å². The second-order valence-corrected chi connectivity index (χ2v) is 4.42. The molecule has 21 heavy (non-hydrogen) atoms. The molecule has 1 aromatic heterocycles. The van der Waals surface area contributed by atoms with E-state index in [0.717, 1.165) is 0 Å². The van der Waals surface area contributed by atoms with Crippen LogP contribution in [0.1, 0.15) is 10.6 Å². The normalized spacial score (nSPS) is 15.0. The van der Waals surface area contributed by atoms with Crippen LogP contribution in [0.4, 0.5) is 0 Å². The third-order valence-electron chi connectivity index (χ3n) is 2.83. The molecule has 1 amide bonds. The molecule has 8 heteroatoms. The highest BCUT2D eigenvalue weighted by Crippen LogP contribution is 2.15. The summed E-state index contributed by atoms with van der Waals surface area (Å²) in [6.07, 6.45) is 2.68. The van der Waals surface area contributed by atoms with Crippen molar-refractivity contribution < 1.29 is 18.7 Å². The number of nitriles is 1. The molecule has 108 valence electrons. The molecular weight excluding hydrogens is 294 g/mol. The van der Waals surface area contributed by atoms with Gasteiger partial charge in [0.25, 0.3) is 5.91 Å². The van der Waals surface area contributed by atoms with Gasteiger partial charge in [-0.2, -0.15) is 5.26 Å². The van der Waals surface area contributed by atoms with Crippen LogP contribution < -0.4 is 0 Å². The van der Waals surface area contributed by atoms with Crippen LogP contribution in [0.25, 0.3) is 0 Å². The number of nitrogens with zero attached hydrogens (tertiary/aromatic N) is 3. The van der Waals surface area contributed by atoms with E-state index in [2.05, 4.69) is 4.74 Å². The van der Waals surface area contributed by atoms with Gasteiger partial charge in [0.15, 0.2) is 16.4 Å². The molecule has 0 spiro atoms. The highest BCUT2D eigenvalue weighted by atomic mass is 32.1. The molecule has 0 N–H and O–H groups in total. The van der Waals surface area contributed by atoms with Crippen LogP contribution in [0, 0.1) is 11.3 Å². The van der Waals surface area contributed by atoms with Gasteiger partial charge in [0, 0.05) is 19.3 Å². The van der Waals surface area contributed by atoms with Crippen molar-refractivity contribution in [3.8, 4) is 6.07 Å². The van der Waals surface area contributed by atoms with Crippen LogP contribution in [-0.2, 0) is 9.53 Å². The molecule has 1 saturated heterocycles. The number of furan rings is 1. The number of carbonyl (C=O) groups excluding carboxylic acids is 2. The Labute approximate surface area is 126 Å². The molecule has 1 fully saturated rings. The zero-order valence-corrected chi connectivity index (χ0v) is 11.9. The van der Waals surface area contributed by atoms with Crippen molar-refractivity contribution in [3.63, 3.8) is 0 Å². The van der Waals surface area contributed by atoms with E-state index in [1.54, 1.807) is 18.2 Å². The number of carbonyl (C=O) groups is 2. The van der Waals surface area contributed by atoms with E-state index < -0.39 is 5.97 Å². The first-order valence-electron chi connectivity index (χ1n) is 5.94. The van der Waals surface area contributed by atoms with Crippen molar-refractivity contribution in [1.82, 2.24) is 9.80 Å². The maximum Gasteiger partial charge on any atom is 0.350 e. The van der Waals surface area contributed by atoms with Crippen molar-refractivity contribution in [3.05, 3.63) is 35.9 Å². The molecular formula is C13H11N3O4S. The van der Waals surface area contributed by atoms with Crippen LogP contribution in [0.2, 0.25) is 0 Å². The fraction of sp³-hybridized carbons (Fsp3) is 0.231. The number of amides is 1. The van der Waals surface area contributed by atoms with Crippen LogP contribution in [0.3, 0.4) is 0 Å². The van der Waals surface area contributed by atoms with Gasteiger partial charge in [0.2, 0.25) is 0 Å². The van der Waals surface area contributed by atoms with Gasteiger partial charge in [0.05, 0.1) is 13.4 Å². The molecule has 1 aliphatic heterocycles. The molecule has 0 aromatic carbocycles. The summed E-state index contributed by atoms with van der Waals surface area (Å²) in [5.41, 5.74) is -0.188. The monoisotopic (exact) mass is 305 g/mol. The summed E-state index contributed by atoms with van der Waals surface area (Å²) in [4.78, 5) is 26.3. The minimum absolute atomic E-state index is 0.177. The third-order valence-corrected chi connectivity index (χ3v) is 3.28. The lowest BCUT2D eigenvalue weighted by Crippen LogP contribution is -2.34. The topological polar surface area (TPSA) is 86.8 Å². The number of hydrogen-bond acceptors (Lipinski definition) is 6. The molecule has 0 radical (unpaired) electrons. The third kappa shape index (κ3) is 2.93. The van der Waals surface area contributed by atoms with Crippen molar-refractivity contribution in [2.45, 2.75) is 0 Å². The number of methoxy groups -OCH3 is 1. The van der Waals surface area contributed by atoms with Gasteiger partial charge in [-0.15, -0.1) is 0 Å². The van der Waals surface area contributed by atoms with E-state index in [0.29, 0.717) is 13.1 Å². The second-order valence-electron chi connectivity index (χ2n) is 4.06. The van der Waals surface area contributed by atoms with Gasteiger partial charge in [-0.3, -0.25) is 9.69 Å². The fourth-order valence-electron chi connectivity index (χ4n) is 1.79. The second kappa shape index (κ2) is 6.19. The lowest BCUT2D eigenvalue weighted by molar-refractivity contribution is -0.135. The maximum atomic E-state index is 12.2. The fourth-order valence-corrected chi connectivity index (χ4v) is 2.11. The molecule has 0 bridgehead atoms. The minimum Gasteiger partial charge on any atom is -0.465 e. The Hall–Kier alpha value is -2.66. The molecule has 0 aliphatic carbocycles. The zero-order chi connectivity index (χ0) is 15.4. The minimum atomic E-state index is -0.754. The standard InChI is InChI=1S/C13H11N3O4S/c1-19-12(18)9(7-14)8-15-4-5-16(13(15)21)11(17)10-3-2-6-20-10/h2-3,6,8H,4-5H2,1H3/b9-8-. The number of thiocarbonyl (C=S) groups is 1. The van der Waals surface area contributed by atoms with E-state index in [9.17, 15) is 9.59 Å². The van der Waals surface area contributed by atoms with Gasteiger partial charge < -0.3 is 14.1 Å². The molecule has 0 saturated carbocycles. The predicted molar refractivity (Wildman–Crippen MR) is 74.8 cm³/mol. The van der Waals surface area contributed by atoms with Crippen molar-refractivity contribution >= 4 is 29.2 Å². The Bertz CT molecular complexity index is 645. The molecule has 1 aliphatic rings. The average molecular weight is 305 g/mol. The summed E-state index contributed by atoms with van der Waals surface area (Å²) in [5.74, 6) is -0.940. The summed E-state index contributed by atoms with van der Waals surface area (Å²) in [6.45, 7) is 0.724. The van der Waals surface area contributed by atoms with Crippen molar-refractivity contribution in [2.24, 2.45) is 0 Å². The first-order valence-corrected chi connectivity index (χ1v) is 6.35. The maximum absolute atomic E-state index is 12.2. The highest BCUT2D eigenvalue weighted by molar-refractivity contribution is 7.80. The van der Waals surface area contributed by atoms with E-state index >= 15 is 0 Å². The molecule has 7 nitrogen and oxygen atoms in total. The van der Waals surface area contributed by atoms with Gasteiger partial charge in [-0.1, -0.05) is 0 Å². The average Bonchev–Trinajstić information content (AvgIpc) is 3.14. The van der Waals surface area contributed by atoms with E-state index in [1.165, 1.54) is 29.4 Å². The van der Waals surface area contributed by atoms with E-state index in [-0.39, 0.29) is 22.4 Å². The Kier molecular flexibility index (Phi) is 4.35. The Morgan fingerprint density at radius 1 is 1.52 bits per heavy atom. The smallest absolute Gasteiger partial charge is 0.350 e. The largest absolute Gasteiger partial charge is 0.465 e. The number of rotatable bonds is 3. The van der Waals surface area contributed by atoms with Crippen LogP contribution in [-0.4, -0.2) is 47.0 Å². The van der Waals surface area contributed by atoms with Crippen molar-refractivity contribution in [2.75, 3.05) is 20.2 Å². The van der Waals surface area contributed by atoms with E-state index in [4.69, 9.17) is 21.9 Å². The zero-order valence-electron chi connectivity index (χ0n) is 11.1. The number of ether oxygens (including phenoxy) is 1. The van der Waals surface area contributed by atoms with Crippen molar-refractivity contribution in [1.29, 1.82) is 5.26 Å². The molecule has 2 heterocycles. The quantitative estimate of drug-likeness (QED) is 0.355. The Morgan fingerprint density at radius 3 is 2.86 bits per heavy atom. The summed E-state index contributed by atoms with van der Waals surface area (Å²) in [5, 5.41) is 9.12. The number of esters is 1. The van der Waals surface area contributed by atoms with E-state index in [1.807, 2.05) is 0 Å². The summed E-state index contributed by atoms with van der Waals surface area (Å²) < 4.78 is 9.52. The molecule has 0 unspecified atom stereocenters. The Balaban J connectivity index is 2.15. The lowest BCUT2D eigenvalue weighted by Gasteiger charge is -2.16. The first-order chi connectivity index (χ1) is 10.1. The summed E-state index contributed by atoms with van der Waals surface area (Å²) in [7, 11) is 1.18. The van der Waals surface area contributed by atoms with Gasteiger partial charge >= 0.3 is 5.97 Å². The number of hydrogen-bond donors (Lipinski definition) is 0. The van der Waals surface area contributed by atoms with Gasteiger partial charge in [-0.05, 0) is 24.4 Å². The summed E-state index contributed by atoms with van der Waals surface area (Å²) >= 11 is 5.18. The summed E-state index contributed by atoms with van der Waals surface area (Å²) in [6, 6.07) is 4.88. The van der Waals surface area contributed by atoms with Crippen LogP contribution in [0.5, 0.6) is 0 Å². The Morgan fingerprint density at radius 2 is 2.29 bits per heavy atom. The lowest BCUT2D eigenvalue weighted by atomic mass is 10.3. The highest BCUT2D eigenvalue weighted by Gasteiger charge is 2.31. The molecule has 1 aromatic rings.